The summed E-state index contributed by atoms with van der Waals surface area (Å²) < 4.78 is 26.9. The van der Waals surface area contributed by atoms with E-state index in [1.54, 1.807) is 11.1 Å². The Morgan fingerprint density at radius 2 is 1.83 bits per heavy atom. The van der Waals surface area contributed by atoms with E-state index in [9.17, 15) is 9.18 Å². The van der Waals surface area contributed by atoms with Crippen molar-refractivity contribution in [3.05, 3.63) is 71.2 Å². The SMILES string of the molecule is CC(C)N(C(=O)c1cc(F)ccc1Oc1nnccc1N1CC2(CC(Oc3cccc4c3CNC4)C2)C1)C(C)C.Cl. The zero-order chi connectivity index (χ0) is 28.0. The first-order chi connectivity index (χ1) is 19.2. The second kappa shape index (κ2) is 11.4. The molecule has 1 amide bonds. The van der Waals surface area contributed by atoms with E-state index < -0.39 is 5.82 Å². The molecule has 1 N–H and O–H groups in total. The molecule has 0 unspecified atom stereocenters. The van der Waals surface area contributed by atoms with Crippen molar-refractivity contribution in [2.45, 2.75) is 71.8 Å². The third-order valence-electron chi connectivity index (χ3n) is 8.25. The number of rotatable bonds is 8. The molecule has 3 heterocycles. The van der Waals surface area contributed by atoms with Crippen LogP contribution in [-0.2, 0) is 13.1 Å². The van der Waals surface area contributed by atoms with Crippen molar-refractivity contribution in [1.82, 2.24) is 20.4 Å². The van der Waals surface area contributed by atoms with Gasteiger partial charge in [0.15, 0.2) is 0 Å². The summed E-state index contributed by atoms with van der Waals surface area (Å²) in [7, 11) is 0. The van der Waals surface area contributed by atoms with Crippen molar-refractivity contribution in [3.63, 3.8) is 0 Å². The zero-order valence-corrected chi connectivity index (χ0v) is 24.7. The fourth-order valence-corrected chi connectivity index (χ4v) is 6.46. The van der Waals surface area contributed by atoms with Gasteiger partial charge < -0.3 is 24.6 Å². The number of halogens is 2. The minimum Gasteiger partial charge on any atom is -0.490 e. The Morgan fingerprint density at radius 1 is 1.07 bits per heavy atom. The number of hydrogen-bond acceptors (Lipinski definition) is 7. The van der Waals surface area contributed by atoms with Crippen LogP contribution in [0.4, 0.5) is 10.1 Å². The number of hydrogen-bond donors (Lipinski definition) is 1. The summed E-state index contributed by atoms with van der Waals surface area (Å²) >= 11 is 0. The Morgan fingerprint density at radius 3 is 2.56 bits per heavy atom. The van der Waals surface area contributed by atoms with Gasteiger partial charge in [-0.15, -0.1) is 17.5 Å². The Bertz CT molecular complexity index is 1410. The molecule has 0 bridgehead atoms. The Hall–Kier alpha value is -3.43. The Kier molecular flexibility index (Phi) is 8.12. The molecule has 1 saturated carbocycles. The van der Waals surface area contributed by atoms with E-state index in [-0.39, 0.29) is 53.2 Å². The number of nitrogens with one attached hydrogen (secondary N) is 1. The van der Waals surface area contributed by atoms with Crippen molar-refractivity contribution in [2.75, 3.05) is 18.0 Å². The molecule has 2 aromatic carbocycles. The van der Waals surface area contributed by atoms with Crippen LogP contribution in [0, 0.1) is 11.2 Å². The van der Waals surface area contributed by atoms with E-state index in [4.69, 9.17) is 9.47 Å². The summed E-state index contributed by atoms with van der Waals surface area (Å²) in [6, 6.07) is 12.1. The van der Waals surface area contributed by atoms with Crippen LogP contribution >= 0.6 is 12.4 Å². The molecular weight excluding hydrogens is 545 g/mol. The molecule has 0 radical (unpaired) electrons. The minimum atomic E-state index is -0.495. The maximum Gasteiger partial charge on any atom is 0.262 e. The van der Waals surface area contributed by atoms with E-state index in [1.807, 2.05) is 33.8 Å². The molecular formula is C31H37ClFN5O3. The quantitative estimate of drug-likeness (QED) is 0.363. The van der Waals surface area contributed by atoms with Gasteiger partial charge in [0.25, 0.3) is 11.8 Å². The largest absolute Gasteiger partial charge is 0.490 e. The lowest BCUT2D eigenvalue weighted by Crippen LogP contribution is -2.65. The van der Waals surface area contributed by atoms with Gasteiger partial charge in [0, 0.05) is 49.2 Å². The van der Waals surface area contributed by atoms with Gasteiger partial charge >= 0.3 is 0 Å². The van der Waals surface area contributed by atoms with E-state index in [0.717, 1.165) is 50.5 Å². The van der Waals surface area contributed by atoms with Gasteiger partial charge in [-0.1, -0.05) is 12.1 Å². The molecule has 1 aliphatic carbocycles. The summed E-state index contributed by atoms with van der Waals surface area (Å²) in [5, 5.41) is 11.7. The highest BCUT2D eigenvalue weighted by atomic mass is 35.5. The number of carbonyl (C=O) groups excluding carboxylic acids is 1. The molecule has 3 aromatic rings. The van der Waals surface area contributed by atoms with Crippen LogP contribution < -0.4 is 19.7 Å². The fraction of sp³-hybridized carbons (Fsp3) is 0.452. The number of carbonyl (C=O) groups is 1. The number of fused-ring (bicyclic) bond motifs is 1. The summed E-state index contributed by atoms with van der Waals surface area (Å²) in [6.07, 6.45) is 3.87. The first-order valence-corrected chi connectivity index (χ1v) is 14.1. The average molecular weight is 582 g/mol. The molecule has 2 aliphatic heterocycles. The monoisotopic (exact) mass is 581 g/mol. The summed E-state index contributed by atoms with van der Waals surface area (Å²) in [5.74, 6) is 0.791. The second-order valence-corrected chi connectivity index (χ2v) is 11.9. The molecule has 1 aromatic heterocycles. The van der Waals surface area contributed by atoms with Crippen molar-refractivity contribution in [1.29, 1.82) is 0 Å². The van der Waals surface area contributed by atoms with Crippen LogP contribution in [0.2, 0.25) is 0 Å². The van der Waals surface area contributed by atoms with E-state index in [0.29, 0.717) is 5.88 Å². The van der Waals surface area contributed by atoms with E-state index in [1.165, 1.54) is 29.3 Å². The zero-order valence-electron chi connectivity index (χ0n) is 23.9. The van der Waals surface area contributed by atoms with Gasteiger partial charge in [0.1, 0.15) is 29.1 Å². The summed E-state index contributed by atoms with van der Waals surface area (Å²) in [6.45, 7) is 11.3. The highest BCUT2D eigenvalue weighted by Gasteiger charge is 2.54. The van der Waals surface area contributed by atoms with Gasteiger partial charge in [-0.05, 0) is 76.4 Å². The number of ether oxygens (including phenoxy) is 2. The normalized spacial score (nSPS) is 17.1. The van der Waals surface area contributed by atoms with Crippen LogP contribution in [0.25, 0.3) is 0 Å². The summed E-state index contributed by atoms with van der Waals surface area (Å²) in [5.41, 5.74) is 3.80. The van der Waals surface area contributed by atoms with Gasteiger partial charge in [-0.3, -0.25) is 4.79 Å². The lowest BCUT2D eigenvalue weighted by Gasteiger charge is -2.59. The maximum absolute atomic E-state index is 14.3. The molecule has 1 spiro atoms. The maximum atomic E-state index is 14.3. The number of amides is 1. The first kappa shape index (κ1) is 29.1. The highest BCUT2D eigenvalue weighted by Crippen LogP contribution is 2.52. The topological polar surface area (TPSA) is 79.8 Å². The Balaban J connectivity index is 0.00000337. The molecule has 3 aliphatic rings. The number of nitrogens with zero attached hydrogens (tertiary/aromatic N) is 4. The Labute approximate surface area is 246 Å². The molecule has 218 valence electrons. The molecule has 10 heteroatoms. The fourth-order valence-electron chi connectivity index (χ4n) is 6.46. The number of benzene rings is 2. The van der Waals surface area contributed by atoms with Gasteiger partial charge in [-0.2, -0.15) is 5.10 Å². The van der Waals surface area contributed by atoms with E-state index in [2.05, 4.69) is 38.6 Å². The molecule has 41 heavy (non-hydrogen) atoms. The molecule has 6 rings (SSSR count). The molecule has 1 saturated heterocycles. The standard InChI is InChI=1S/C31H36FN5O3.ClH/c1-19(2)37(20(3)4)30(38)24-12-22(32)8-9-28(24)40-29-26(10-11-34-35-29)36-17-31(18-36)13-23(14-31)39-27-7-5-6-21-15-33-16-25(21)27;/h5-12,19-20,23,33H,13-18H2,1-4H3;1H. The minimum absolute atomic E-state index is 0. The van der Waals surface area contributed by atoms with Crippen LogP contribution in [0.1, 0.15) is 62.0 Å². The van der Waals surface area contributed by atoms with Crippen LogP contribution in [-0.4, -0.2) is 52.3 Å². The van der Waals surface area contributed by atoms with Crippen molar-refractivity contribution < 1.29 is 18.7 Å². The second-order valence-electron chi connectivity index (χ2n) is 11.9. The van der Waals surface area contributed by atoms with Crippen molar-refractivity contribution >= 4 is 24.0 Å². The molecule has 8 nitrogen and oxygen atoms in total. The number of aromatic nitrogens is 2. The summed E-state index contributed by atoms with van der Waals surface area (Å²) in [4.78, 5) is 17.4. The number of anilines is 1. The van der Waals surface area contributed by atoms with Crippen LogP contribution in [0.5, 0.6) is 17.4 Å². The van der Waals surface area contributed by atoms with Crippen molar-refractivity contribution in [2.24, 2.45) is 5.41 Å². The predicted molar refractivity (Wildman–Crippen MR) is 157 cm³/mol. The van der Waals surface area contributed by atoms with Crippen LogP contribution in [0.15, 0.2) is 48.7 Å². The molecule has 0 atom stereocenters. The van der Waals surface area contributed by atoms with E-state index >= 15 is 0 Å². The average Bonchev–Trinajstić information content (AvgIpc) is 3.36. The van der Waals surface area contributed by atoms with Gasteiger partial charge in [0.05, 0.1) is 11.8 Å². The van der Waals surface area contributed by atoms with Gasteiger partial charge in [-0.25, -0.2) is 4.39 Å². The van der Waals surface area contributed by atoms with Crippen LogP contribution in [0.3, 0.4) is 0 Å². The van der Waals surface area contributed by atoms with Gasteiger partial charge in [0.2, 0.25) is 0 Å². The lowest BCUT2D eigenvalue weighted by molar-refractivity contribution is -0.0345. The van der Waals surface area contributed by atoms with Crippen molar-refractivity contribution in [3.8, 4) is 17.4 Å². The molecule has 2 fully saturated rings. The lowest BCUT2D eigenvalue weighted by atomic mass is 9.61. The predicted octanol–water partition coefficient (Wildman–Crippen LogP) is 5.74. The third-order valence-corrected chi connectivity index (χ3v) is 8.25. The smallest absolute Gasteiger partial charge is 0.262 e. The highest BCUT2D eigenvalue weighted by molar-refractivity contribution is 5.97. The first-order valence-electron chi connectivity index (χ1n) is 14.1. The third kappa shape index (κ3) is 5.57.